The highest BCUT2D eigenvalue weighted by molar-refractivity contribution is 5.65. The Morgan fingerprint density at radius 2 is 1.96 bits per heavy atom. The Bertz CT molecular complexity index is 777. The molecular weight excluding hydrogens is 313 g/mol. The van der Waals surface area contributed by atoms with Gasteiger partial charge < -0.3 is 10.6 Å². The molecule has 0 saturated heterocycles. The fourth-order valence-corrected chi connectivity index (χ4v) is 3.35. The number of hydrogen-bond acceptors (Lipinski definition) is 3. The van der Waals surface area contributed by atoms with Crippen LogP contribution in [0, 0.1) is 19.7 Å². The first-order chi connectivity index (χ1) is 12.0. The number of aryl methyl sites for hydroxylation is 2. The summed E-state index contributed by atoms with van der Waals surface area (Å²) < 4.78 is 14.7. The van der Waals surface area contributed by atoms with E-state index in [0.717, 1.165) is 35.4 Å². The Kier molecular flexibility index (Phi) is 5.07. The molecule has 0 spiro atoms. The van der Waals surface area contributed by atoms with Gasteiger partial charge in [0, 0.05) is 47.4 Å². The first kappa shape index (κ1) is 17.5. The number of nitrogens with one attached hydrogen (secondary N) is 2. The van der Waals surface area contributed by atoms with Crippen LogP contribution >= 0.6 is 0 Å². The average molecular weight is 339 g/mol. The van der Waals surface area contributed by atoms with Crippen LogP contribution in [0.3, 0.4) is 0 Å². The fourth-order valence-electron chi connectivity index (χ4n) is 3.35. The minimum atomic E-state index is -0.193. The molecule has 2 atom stereocenters. The van der Waals surface area contributed by atoms with Gasteiger partial charge in [-0.25, -0.2) is 4.39 Å². The molecule has 1 aliphatic heterocycles. The number of aromatic nitrogens is 1. The van der Waals surface area contributed by atoms with Crippen molar-refractivity contribution < 1.29 is 4.39 Å². The molecule has 1 aliphatic rings. The highest BCUT2D eigenvalue weighted by Gasteiger charge is 2.17. The van der Waals surface area contributed by atoms with E-state index in [0.29, 0.717) is 11.6 Å². The van der Waals surface area contributed by atoms with Crippen LogP contribution in [0.15, 0.2) is 42.2 Å². The molecule has 0 radical (unpaired) electrons. The Morgan fingerprint density at radius 3 is 2.56 bits per heavy atom. The molecule has 2 aromatic rings. The molecule has 4 heteroatoms. The van der Waals surface area contributed by atoms with Crippen molar-refractivity contribution >= 4 is 0 Å². The van der Waals surface area contributed by atoms with Crippen LogP contribution in [0.25, 0.3) is 11.1 Å². The monoisotopic (exact) mass is 339 g/mol. The molecule has 0 saturated carbocycles. The third kappa shape index (κ3) is 4.01. The van der Waals surface area contributed by atoms with Gasteiger partial charge in [0.15, 0.2) is 0 Å². The molecule has 1 unspecified atom stereocenters. The summed E-state index contributed by atoms with van der Waals surface area (Å²) >= 11 is 0. The van der Waals surface area contributed by atoms with Crippen LogP contribution in [-0.2, 0) is 0 Å². The van der Waals surface area contributed by atoms with Crippen molar-refractivity contribution in [3.05, 3.63) is 65.0 Å². The maximum atomic E-state index is 14.7. The predicted molar refractivity (Wildman–Crippen MR) is 101 cm³/mol. The van der Waals surface area contributed by atoms with E-state index in [2.05, 4.69) is 29.5 Å². The van der Waals surface area contributed by atoms with E-state index < -0.39 is 0 Å². The molecule has 0 fully saturated rings. The van der Waals surface area contributed by atoms with Crippen LogP contribution in [-0.4, -0.2) is 11.0 Å². The molecule has 0 amide bonds. The SMILES string of the molecule is CC[C@H]1CC(NC(C)c2ccc(-c3cc(C)nc(C)c3)c(F)c2)=CN1. The number of hydrogen-bond donors (Lipinski definition) is 2. The normalized spacial score (nSPS) is 17.8. The van der Waals surface area contributed by atoms with Gasteiger partial charge in [0.1, 0.15) is 5.82 Å². The summed E-state index contributed by atoms with van der Waals surface area (Å²) in [5, 5.41) is 6.85. The zero-order valence-electron chi connectivity index (χ0n) is 15.4. The van der Waals surface area contributed by atoms with Crippen molar-refractivity contribution in [1.82, 2.24) is 15.6 Å². The average Bonchev–Trinajstić information content (AvgIpc) is 3.01. The van der Waals surface area contributed by atoms with Crippen molar-refractivity contribution in [1.29, 1.82) is 0 Å². The topological polar surface area (TPSA) is 37.0 Å². The second kappa shape index (κ2) is 7.26. The summed E-state index contributed by atoms with van der Waals surface area (Å²) in [5.74, 6) is -0.193. The molecule has 2 heterocycles. The highest BCUT2D eigenvalue weighted by Crippen LogP contribution is 2.27. The predicted octanol–water partition coefficient (Wildman–Crippen LogP) is 4.77. The van der Waals surface area contributed by atoms with Gasteiger partial charge in [-0.15, -0.1) is 0 Å². The van der Waals surface area contributed by atoms with Gasteiger partial charge in [0.05, 0.1) is 0 Å². The van der Waals surface area contributed by atoms with E-state index in [4.69, 9.17) is 0 Å². The minimum absolute atomic E-state index is 0.0631. The highest BCUT2D eigenvalue weighted by atomic mass is 19.1. The summed E-state index contributed by atoms with van der Waals surface area (Å²) in [4.78, 5) is 4.36. The smallest absolute Gasteiger partial charge is 0.131 e. The Balaban J connectivity index is 1.77. The number of pyridine rings is 1. The van der Waals surface area contributed by atoms with Crippen molar-refractivity contribution in [3.63, 3.8) is 0 Å². The molecular formula is C21H26FN3. The Morgan fingerprint density at radius 1 is 1.24 bits per heavy atom. The fraction of sp³-hybridized carbons (Fsp3) is 0.381. The van der Waals surface area contributed by atoms with Gasteiger partial charge in [0.2, 0.25) is 0 Å². The first-order valence-corrected chi connectivity index (χ1v) is 8.93. The van der Waals surface area contributed by atoms with Gasteiger partial charge in [-0.05, 0) is 56.5 Å². The van der Waals surface area contributed by atoms with Crippen LogP contribution in [0.4, 0.5) is 4.39 Å². The molecule has 3 nitrogen and oxygen atoms in total. The zero-order valence-corrected chi connectivity index (χ0v) is 15.4. The lowest BCUT2D eigenvalue weighted by molar-refractivity contribution is 0.568. The molecule has 132 valence electrons. The number of benzene rings is 1. The molecule has 2 N–H and O–H groups in total. The summed E-state index contributed by atoms with van der Waals surface area (Å²) in [7, 11) is 0. The Hall–Kier alpha value is -2.36. The second-order valence-corrected chi connectivity index (χ2v) is 6.89. The molecule has 25 heavy (non-hydrogen) atoms. The zero-order chi connectivity index (χ0) is 18.0. The maximum Gasteiger partial charge on any atom is 0.131 e. The third-order valence-electron chi connectivity index (χ3n) is 4.74. The summed E-state index contributed by atoms with van der Waals surface area (Å²) in [6.45, 7) is 8.10. The maximum absolute atomic E-state index is 14.7. The molecule has 0 aliphatic carbocycles. The van der Waals surface area contributed by atoms with Gasteiger partial charge in [-0.1, -0.05) is 19.1 Å². The van der Waals surface area contributed by atoms with Crippen LogP contribution in [0.2, 0.25) is 0 Å². The van der Waals surface area contributed by atoms with E-state index in [1.54, 1.807) is 6.07 Å². The van der Waals surface area contributed by atoms with Gasteiger partial charge in [-0.2, -0.15) is 0 Å². The van der Waals surface area contributed by atoms with E-state index in [1.807, 2.05) is 44.3 Å². The lowest BCUT2D eigenvalue weighted by Crippen LogP contribution is -2.20. The first-order valence-electron chi connectivity index (χ1n) is 8.93. The standard InChI is InChI=1S/C21H26FN3/c1-5-18-11-19(12-23-18)25-15(4)16-6-7-20(21(22)10-16)17-8-13(2)24-14(3)9-17/h6-10,12,15,18,23,25H,5,11H2,1-4H3/t15?,18-/m0/s1. The molecule has 0 bridgehead atoms. The van der Waals surface area contributed by atoms with Gasteiger partial charge >= 0.3 is 0 Å². The minimum Gasteiger partial charge on any atom is -0.386 e. The quantitative estimate of drug-likeness (QED) is 0.824. The molecule has 3 rings (SSSR count). The van der Waals surface area contributed by atoms with E-state index in [1.165, 1.54) is 5.70 Å². The number of nitrogens with zero attached hydrogens (tertiary/aromatic N) is 1. The van der Waals surface area contributed by atoms with Crippen molar-refractivity contribution in [2.24, 2.45) is 0 Å². The lowest BCUT2D eigenvalue weighted by atomic mass is 10.00. The van der Waals surface area contributed by atoms with Gasteiger partial charge in [-0.3, -0.25) is 4.98 Å². The molecule has 1 aromatic heterocycles. The van der Waals surface area contributed by atoms with E-state index in [-0.39, 0.29) is 11.9 Å². The number of rotatable bonds is 5. The molecule has 1 aromatic carbocycles. The third-order valence-corrected chi connectivity index (χ3v) is 4.74. The second-order valence-electron chi connectivity index (χ2n) is 6.89. The van der Waals surface area contributed by atoms with Gasteiger partial charge in [0.25, 0.3) is 0 Å². The Labute approximate surface area is 149 Å². The van der Waals surface area contributed by atoms with Crippen molar-refractivity contribution in [2.45, 2.75) is 52.6 Å². The largest absolute Gasteiger partial charge is 0.386 e. The lowest BCUT2D eigenvalue weighted by Gasteiger charge is -2.18. The summed E-state index contributed by atoms with van der Waals surface area (Å²) in [6.07, 6.45) is 4.14. The van der Waals surface area contributed by atoms with Crippen LogP contribution < -0.4 is 10.6 Å². The van der Waals surface area contributed by atoms with Crippen LogP contribution in [0.1, 0.15) is 49.7 Å². The summed E-state index contributed by atoms with van der Waals surface area (Å²) in [6, 6.07) is 9.92. The van der Waals surface area contributed by atoms with Crippen molar-refractivity contribution in [2.75, 3.05) is 0 Å². The van der Waals surface area contributed by atoms with E-state index in [9.17, 15) is 4.39 Å². The van der Waals surface area contributed by atoms with Crippen LogP contribution in [0.5, 0.6) is 0 Å². The number of halogens is 1. The summed E-state index contributed by atoms with van der Waals surface area (Å²) in [5.41, 5.74) is 5.44. The van der Waals surface area contributed by atoms with E-state index >= 15 is 0 Å². The van der Waals surface area contributed by atoms with Crippen molar-refractivity contribution in [3.8, 4) is 11.1 Å².